The minimum Gasteiger partial charge on any atom is -0.457 e. The molecular weight excluding hydrogens is 426 g/mol. The van der Waals surface area contributed by atoms with E-state index >= 15 is 0 Å². The van der Waals surface area contributed by atoms with E-state index in [2.05, 4.69) is 13.8 Å². The van der Waals surface area contributed by atoms with Gasteiger partial charge in [0.2, 0.25) is 0 Å². The summed E-state index contributed by atoms with van der Waals surface area (Å²) in [6.45, 7) is 5.09. The van der Waals surface area contributed by atoms with Crippen LogP contribution in [0.4, 0.5) is 4.39 Å². The van der Waals surface area contributed by atoms with Gasteiger partial charge in [-0.2, -0.15) is 4.39 Å². The van der Waals surface area contributed by atoms with Crippen molar-refractivity contribution in [1.82, 2.24) is 0 Å². The summed E-state index contributed by atoms with van der Waals surface area (Å²) in [6, 6.07) is 24.4. The zero-order valence-electron chi connectivity index (χ0n) is 16.8. The standard InChI is InChI=1S/C24H23Cl2FO3/c1-23(2,19-11-13-21(14-12-19)30-24(25,26)27)17-28-16-18-7-6-10-22(15-18)29-20-8-4-3-5-9-20/h3-15H,16-17H2,1-2H3. The summed E-state index contributed by atoms with van der Waals surface area (Å²) in [5.74, 6) is 1.80. The molecule has 0 unspecified atom stereocenters. The zero-order chi connectivity index (χ0) is 21.6. The van der Waals surface area contributed by atoms with Crippen LogP contribution in [0.3, 0.4) is 0 Å². The van der Waals surface area contributed by atoms with Crippen molar-refractivity contribution < 1.29 is 18.6 Å². The topological polar surface area (TPSA) is 27.7 Å². The Morgan fingerprint density at radius 3 is 2.13 bits per heavy atom. The number of ether oxygens (including phenoxy) is 3. The Hall–Kier alpha value is -2.27. The summed E-state index contributed by atoms with van der Waals surface area (Å²) >= 11 is 10.5. The van der Waals surface area contributed by atoms with E-state index in [1.165, 1.54) is 0 Å². The molecule has 3 nitrogen and oxygen atoms in total. The Kier molecular flexibility index (Phi) is 7.24. The predicted octanol–water partition coefficient (Wildman–Crippen LogP) is 7.41. The Morgan fingerprint density at radius 1 is 0.800 bits per heavy atom. The van der Waals surface area contributed by atoms with Gasteiger partial charge in [0.05, 0.1) is 13.2 Å². The SMILES string of the molecule is CC(C)(COCc1cccc(Oc2ccccc2)c1)c1ccc(OC(F)(Cl)Cl)cc1. The highest BCUT2D eigenvalue weighted by Crippen LogP contribution is 2.30. The molecule has 3 aromatic carbocycles. The summed E-state index contributed by atoms with van der Waals surface area (Å²) < 4.78 is 27.0. The molecule has 0 aromatic heterocycles. The number of benzene rings is 3. The normalized spacial score (nSPS) is 11.9. The van der Waals surface area contributed by atoms with Crippen molar-refractivity contribution in [2.24, 2.45) is 0 Å². The lowest BCUT2D eigenvalue weighted by molar-refractivity contribution is 0.0822. The van der Waals surface area contributed by atoms with Crippen LogP contribution in [0.25, 0.3) is 0 Å². The molecule has 0 N–H and O–H groups in total. The Balaban J connectivity index is 1.55. The zero-order valence-corrected chi connectivity index (χ0v) is 18.3. The summed E-state index contributed by atoms with van der Waals surface area (Å²) in [4.78, 5) is 0. The number of halogens is 3. The molecule has 0 radical (unpaired) electrons. The van der Waals surface area contributed by atoms with E-state index in [4.69, 9.17) is 37.4 Å². The highest BCUT2D eigenvalue weighted by Gasteiger charge is 2.25. The van der Waals surface area contributed by atoms with Crippen LogP contribution >= 0.6 is 23.2 Å². The molecule has 3 aromatic rings. The van der Waals surface area contributed by atoms with Gasteiger partial charge in [-0.15, -0.1) is 0 Å². The quantitative estimate of drug-likeness (QED) is 0.319. The first-order valence-electron chi connectivity index (χ1n) is 9.47. The smallest absolute Gasteiger partial charge is 0.410 e. The molecule has 0 amide bonds. The molecule has 0 atom stereocenters. The molecule has 0 saturated carbocycles. The molecule has 0 aliphatic carbocycles. The Bertz CT molecular complexity index is 939. The summed E-state index contributed by atoms with van der Waals surface area (Å²) in [7, 11) is 0. The van der Waals surface area contributed by atoms with Gasteiger partial charge in [0, 0.05) is 5.41 Å². The van der Waals surface area contributed by atoms with Gasteiger partial charge in [0.15, 0.2) is 0 Å². The second-order valence-corrected chi connectivity index (χ2v) is 8.68. The second-order valence-electron chi connectivity index (χ2n) is 7.51. The van der Waals surface area contributed by atoms with Crippen LogP contribution in [-0.2, 0) is 16.8 Å². The minimum absolute atomic E-state index is 0.248. The van der Waals surface area contributed by atoms with Gasteiger partial charge in [0.25, 0.3) is 0 Å². The first-order chi connectivity index (χ1) is 14.2. The number of hydrogen-bond donors (Lipinski definition) is 0. The number of hydrogen-bond acceptors (Lipinski definition) is 3. The number of rotatable bonds is 9. The van der Waals surface area contributed by atoms with Gasteiger partial charge in [-0.25, -0.2) is 0 Å². The van der Waals surface area contributed by atoms with E-state index in [1.54, 1.807) is 12.1 Å². The van der Waals surface area contributed by atoms with Crippen LogP contribution in [0, 0.1) is 0 Å². The summed E-state index contributed by atoms with van der Waals surface area (Å²) in [5, 5.41) is 0. The Morgan fingerprint density at radius 2 is 1.47 bits per heavy atom. The van der Waals surface area contributed by atoms with Crippen LogP contribution in [-0.4, -0.2) is 11.4 Å². The van der Waals surface area contributed by atoms with Gasteiger partial charge in [0.1, 0.15) is 17.2 Å². The van der Waals surface area contributed by atoms with Crippen molar-refractivity contribution in [3.63, 3.8) is 0 Å². The molecule has 6 heteroatoms. The molecule has 158 valence electrons. The van der Waals surface area contributed by atoms with Crippen molar-refractivity contribution >= 4 is 23.2 Å². The monoisotopic (exact) mass is 448 g/mol. The molecule has 0 spiro atoms. The van der Waals surface area contributed by atoms with Crippen LogP contribution in [0.2, 0.25) is 0 Å². The lowest BCUT2D eigenvalue weighted by atomic mass is 9.85. The highest BCUT2D eigenvalue weighted by atomic mass is 35.5. The van der Waals surface area contributed by atoms with Crippen molar-refractivity contribution in [3.8, 4) is 17.2 Å². The average Bonchev–Trinajstić information content (AvgIpc) is 2.68. The fraction of sp³-hybridized carbons (Fsp3) is 0.250. The van der Waals surface area contributed by atoms with E-state index in [-0.39, 0.29) is 11.2 Å². The maximum absolute atomic E-state index is 13.2. The number of alkyl halides is 3. The van der Waals surface area contributed by atoms with Crippen molar-refractivity contribution in [2.45, 2.75) is 30.6 Å². The molecule has 30 heavy (non-hydrogen) atoms. The van der Waals surface area contributed by atoms with Gasteiger partial charge >= 0.3 is 4.77 Å². The van der Waals surface area contributed by atoms with E-state index in [1.807, 2.05) is 66.7 Å². The van der Waals surface area contributed by atoms with Gasteiger partial charge in [-0.05, 0) is 70.7 Å². The van der Waals surface area contributed by atoms with Crippen LogP contribution < -0.4 is 9.47 Å². The molecule has 0 fully saturated rings. The fourth-order valence-corrected chi connectivity index (χ4v) is 3.12. The first-order valence-corrected chi connectivity index (χ1v) is 10.2. The molecule has 0 saturated heterocycles. The molecule has 0 aliphatic heterocycles. The highest BCUT2D eigenvalue weighted by molar-refractivity contribution is 6.46. The third-order valence-corrected chi connectivity index (χ3v) is 4.63. The third-order valence-electron chi connectivity index (χ3n) is 4.48. The Labute approximate surface area is 186 Å². The second kappa shape index (κ2) is 9.69. The summed E-state index contributed by atoms with van der Waals surface area (Å²) in [5.41, 5.74) is 1.78. The maximum atomic E-state index is 13.2. The van der Waals surface area contributed by atoms with E-state index in [0.29, 0.717) is 13.2 Å². The number of para-hydroxylation sites is 1. The van der Waals surface area contributed by atoms with Crippen molar-refractivity contribution in [2.75, 3.05) is 6.61 Å². The third kappa shape index (κ3) is 6.91. The molecular formula is C24H23Cl2FO3. The average molecular weight is 449 g/mol. The fourth-order valence-electron chi connectivity index (χ4n) is 2.94. The van der Waals surface area contributed by atoms with E-state index in [9.17, 15) is 4.39 Å². The summed E-state index contributed by atoms with van der Waals surface area (Å²) in [6.07, 6.45) is 0. The lowest BCUT2D eigenvalue weighted by Crippen LogP contribution is -2.24. The first kappa shape index (κ1) is 22.4. The molecule has 0 bridgehead atoms. The van der Waals surface area contributed by atoms with Gasteiger partial charge in [-0.1, -0.05) is 56.3 Å². The van der Waals surface area contributed by atoms with Crippen molar-refractivity contribution in [1.29, 1.82) is 0 Å². The minimum atomic E-state index is -2.75. The van der Waals surface area contributed by atoms with Crippen LogP contribution in [0.1, 0.15) is 25.0 Å². The van der Waals surface area contributed by atoms with Crippen molar-refractivity contribution in [3.05, 3.63) is 90.0 Å². The van der Waals surface area contributed by atoms with E-state index in [0.717, 1.165) is 22.6 Å². The van der Waals surface area contributed by atoms with Gasteiger partial charge in [-0.3, -0.25) is 0 Å². The molecule has 3 rings (SSSR count). The van der Waals surface area contributed by atoms with Gasteiger partial charge < -0.3 is 14.2 Å². The van der Waals surface area contributed by atoms with E-state index < -0.39 is 4.77 Å². The largest absolute Gasteiger partial charge is 0.457 e. The van der Waals surface area contributed by atoms with Crippen LogP contribution in [0.15, 0.2) is 78.9 Å². The lowest BCUT2D eigenvalue weighted by Gasteiger charge is -2.25. The van der Waals surface area contributed by atoms with Crippen LogP contribution in [0.5, 0.6) is 17.2 Å². The maximum Gasteiger partial charge on any atom is 0.410 e. The molecule has 0 aliphatic rings. The molecule has 0 heterocycles. The predicted molar refractivity (Wildman–Crippen MR) is 118 cm³/mol.